The van der Waals surface area contributed by atoms with Crippen LogP contribution in [0.3, 0.4) is 0 Å². The fourth-order valence-corrected chi connectivity index (χ4v) is 1.27. The maximum atomic E-state index is 13.1. The summed E-state index contributed by atoms with van der Waals surface area (Å²) in [5, 5.41) is 0. The van der Waals surface area contributed by atoms with Gasteiger partial charge in [0.2, 0.25) is 0 Å². The first-order chi connectivity index (χ1) is 8.08. The Hall–Kier alpha value is -2.17. The van der Waals surface area contributed by atoms with Gasteiger partial charge in [0.25, 0.3) is 0 Å². The van der Waals surface area contributed by atoms with Crippen molar-refractivity contribution in [1.82, 2.24) is 0 Å². The Balaban J connectivity index is 2.31. The van der Waals surface area contributed by atoms with Crippen LogP contribution in [0.5, 0.6) is 11.5 Å². The van der Waals surface area contributed by atoms with Crippen molar-refractivity contribution in [3.05, 3.63) is 53.8 Å². The Morgan fingerprint density at radius 1 is 0.882 bits per heavy atom. The van der Waals surface area contributed by atoms with Crippen molar-refractivity contribution in [2.24, 2.45) is 0 Å². The normalized spacial score (nSPS) is 10.3. The second-order valence-corrected chi connectivity index (χ2v) is 3.33. The molecule has 0 atom stereocenters. The van der Waals surface area contributed by atoms with Crippen molar-refractivity contribution in [2.45, 2.75) is 0 Å². The van der Waals surface area contributed by atoms with Gasteiger partial charge in [-0.1, -0.05) is 6.07 Å². The molecule has 2 aromatic rings. The zero-order valence-electron chi connectivity index (χ0n) is 8.58. The number of hydrogen-bond acceptors (Lipinski definition) is 2. The quantitative estimate of drug-likeness (QED) is 0.814. The molecule has 0 bridgehead atoms. The molecule has 0 saturated heterocycles. The lowest BCUT2D eigenvalue weighted by Gasteiger charge is -2.08. The van der Waals surface area contributed by atoms with Crippen molar-refractivity contribution in [1.29, 1.82) is 0 Å². The van der Waals surface area contributed by atoms with E-state index in [2.05, 4.69) is 0 Å². The molecule has 0 spiro atoms. The first-order valence-electron chi connectivity index (χ1n) is 4.75. The Morgan fingerprint density at radius 3 is 2.35 bits per heavy atom. The monoisotopic (exact) mass is 239 g/mol. The minimum Gasteiger partial charge on any atom is -0.455 e. The molecule has 0 unspecified atom stereocenters. The van der Waals surface area contributed by atoms with E-state index in [9.17, 15) is 13.2 Å². The van der Waals surface area contributed by atoms with Crippen LogP contribution in [0.2, 0.25) is 0 Å². The summed E-state index contributed by atoms with van der Waals surface area (Å²) < 4.78 is 43.8. The molecule has 0 aromatic heterocycles. The molecule has 0 amide bonds. The molecule has 0 aliphatic rings. The van der Waals surface area contributed by atoms with E-state index >= 15 is 0 Å². The molecule has 0 heterocycles. The number of hydrogen-bond donors (Lipinski definition) is 1. The van der Waals surface area contributed by atoms with Gasteiger partial charge in [0.05, 0.1) is 0 Å². The fourth-order valence-electron chi connectivity index (χ4n) is 1.27. The Bertz CT molecular complexity index is 557. The van der Waals surface area contributed by atoms with E-state index in [1.165, 1.54) is 24.3 Å². The molecule has 2 nitrogen and oxygen atoms in total. The van der Waals surface area contributed by atoms with Gasteiger partial charge >= 0.3 is 0 Å². The highest BCUT2D eigenvalue weighted by molar-refractivity contribution is 5.54. The van der Waals surface area contributed by atoms with Gasteiger partial charge in [-0.05, 0) is 24.3 Å². The second kappa shape index (κ2) is 4.37. The molecule has 0 radical (unpaired) electrons. The maximum Gasteiger partial charge on any atom is 0.162 e. The van der Waals surface area contributed by atoms with Gasteiger partial charge in [-0.25, -0.2) is 13.2 Å². The van der Waals surface area contributed by atoms with Gasteiger partial charge in [-0.3, -0.25) is 0 Å². The van der Waals surface area contributed by atoms with Crippen LogP contribution in [0.25, 0.3) is 0 Å². The number of para-hydroxylation sites is 1. The highest BCUT2D eigenvalue weighted by Gasteiger charge is 2.08. The van der Waals surface area contributed by atoms with Crippen LogP contribution in [0.1, 0.15) is 0 Å². The Morgan fingerprint density at radius 2 is 1.65 bits per heavy atom. The van der Waals surface area contributed by atoms with Crippen molar-refractivity contribution in [3.63, 3.8) is 0 Å². The number of nitrogen functional groups attached to an aromatic ring is 1. The maximum absolute atomic E-state index is 13.1. The SMILES string of the molecule is Nc1c(F)cccc1Oc1ccc(F)c(F)c1. The van der Waals surface area contributed by atoms with Gasteiger partial charge in [0, 0.05) is 6.07 Å². The van der Waals surface area contributed by atoms with Crippen molar-refractivity contribution < 1.29 is 17.9 Å². The van der Waals surface area contributed by atoms with E-state index in [0.717, 1.165) is 12.1 Å². The molecular weight excluding hydrogens is 231 g/mol. The highest BCUT2D eigenvalue weighted by atomic mass is 19.2. The minimum absolute atomic E-state index is 0.0428. The zero-order chi connectivity index (χ0) is 12.4. The average Bonchev–Trinajstić information content (AvgIpc) is 2.30. The molecule has 17 heavy (non-hydrogen) atoms. The topological polar surface area (TPSA) is 35.2 Å². The zero-order valence-corrected chi connectivity index (χ0v) is 8.58. The van der Waals surface area contributed by atoms with Gasteiger partial charge in [-0.2, -0.15) is 0 Å². The molecular formula is C12H8F3NO. The van der Waals surface area contributed by atoms with Crippen molar-refractivity contribution in [3.8, 4) is 11.5 Å². The number of benzene rings is 2. The third-order valence-corrected chi connectivity index (χ3v) is 2.13. The first-order valence-corrected chi connectivity index (χ1v) is 4.75. The van der Waals surface area contributed by atoms with Gasteiger partial charge in [-0.15, -0.1) is 0 Å². The minimum atomic E-state index is -1.04. The van der Waals surface area contributed by atoms with E-state index in [4.69, 9.17) is 10.5 Å². The molecule has 2 rings (SSSR count). The fraction of sp³-hybridized carbons (Fsp3) is 0. The summed E-state index contributed by atoms with van der Waals surface area (Å²) in [5.74, 6) is -2.57. The van der Waals surface area contributed by atoms with E-state index in [-0.39, 0.29) is 17.2 Å². The van der Waals surface area contributed by atoms with E-state index < -0.39 is 17.5 Å². The number of ether oxygens (including phenoxy) is 1. The van der Waals surface area contributed by atoms with Crippen LogP contribution < -0.4 is 10.5 Å². The lowest BCUT2D eigenvalue weighted by Crippen LogP contribution is -1.95. The third-order valence-electron chi connectivity index (χ3n) is 2.13. The summed E-state index contributed by atoms with van der Waals surface area (Å²) in [6.45, 7) is 0. The summed E-state index contributed by atoms with van der Waals surface area (Å²) >= 11 is 0. The Labute approximate surface area is 95.4 Å². The van der Waals surface area contributed by atoms with Crippen LogP contribution in [0, 0.1) is 17.5 Å². The predicted octanol–water partition coefficient (Wildman–Crippen LogP) is 3.48. The number of rotatable bonds is 2. The van der Waals surface area contributed by atoms with Crippen LogP contribution in [0.15, 0.2) is 36.4 Å². The third kappa shape index (κ3) is 2.33. The van der Waals surface area contributed by atoms with Gasteiger partial charge in [0.15, 0.2) is 17.4 Å². The molecule has 0 aliphatic heterocycles. The summed E-state index contributed by atoms with van der Waals surface area (Å²) in [6.07, 6.45) is 0. The molecule has 2 N–H and O–H groups in total. The summed E-state index contributed by atoms with van der Waals surface area (Å²) in [4.78, 5) is 0. The highest BCUT2D eigenvalue weighted by Crippen LogP contribution is 2.29. The van der Waals surface area contributed by atoms with Crippen LogP contribution in [-0.2, 0) is 0 Å². The molecule has 0 saturated carbocycles. The van der Waals surface area contributed by atoms with E-state index in [1.54, 1.807) is 0 Å². The van der Waals surface area contributed by atoms with Gasteiger partial charge in [0.1, 0.15) is 17.3 Å². The molecule has 2 aromatic carbocycles. The summed E-state index contributed by atoms with van der Waals surface area (Å²) in [7, 11) is 0. The first kappa shape index (κ1) is 11.3. The second-order valence-electron chi connectivity index (χ2n) is 3.33. The molecule has 0 fully saturated rings. The van der Waals surface area contributed by atoms with Crippen LogP contribution >= 0.6 is 0 Å². The number of halogens is 3. The molecule has 5 heteroatoms. The van der Waals surface area contributed by atoms with Crippen molar-refractivity contribution >= 4 is 5.69 Å². The lowest BCUT2D eigenvalue weighted by atomic mass is 10.3. The van der Waals surface area contributed by atoms with Crippen LogP contribution in [0.4, 0.5) is 18.9 Å². The molecule has 0 aliphatic carbocycles. The standard InChI is InChI=1S/C12H8F3NO/c13-8-5-4-7(6-10(8)15)17-11-3-1-2-9(14)12(11)16/h1-6H,16H2. The average molecular weight is 239 g/mol. The smallest absolute Gasteiger partial charge is 0.162 e. The summed E-state index contributed by atoms with van der Waals surface area (Å²) in [6, 6.07) is 7.01. The summed E-state index contributed by atoms with van der Waals surface area (Å²) in [5.41, 5.74) is 5.25. The largest absolute Gasteiger partial charge is 0.455 e. The van der Waals surface area contributed by atoms with Crippen molar-refractivity contribution in [2.75, 3.05) is 5.73 Å². The van der Waals surface area contributed by atoms with E-state index in [1.807, 2.05) is 0 Å². The number of anilines is 1. The lowest BCUT2D eigenvalue weighted by molar-refractivity contribution is 0.460. The Kier molecular flexibility index (Phi) is 2.91. The molecule has 88 valence electrons. The number of nitrogens with two attached hydrogens (primary N) is 1. The van der Waals surface area contributed by atoms with Gasteiger partial charge < -0.3 is 10.5 Å². The van der Waals surface area contributed by atoms with E-state index in [0.29, 0.717) is 0 Å². The van der Waals surface area contributed by atoms with Crippen LogP contribution in [-0.4, -0.2) is 0 Å². The predicted molar refractivity (Wildman–Crippen MR) is 57.2 cm³/mol.